The zero-order valence-corrected chi connectivity index (χ0v) is 10.5. The number of nitrogens with two attached hydrogens (primary N) is 1. The maximum atomic E-state index is 8.61. The van der Waals surface area contributed by atoms with E-state index in [9.17, 15) is 0 Å². The smallest absolute Gasteiger partial charge is 0.141 e. The summed E-state index contributed by atoms with van der Waals surface area (Å²) in [5, 5.41) is 11.3. The van der Waals surface area contributed by atoms with E-state index in [0.29, 0.717) is 18.2 Å². The molecule has 0 fully saturated rings. The molecule has 0 saturated carbocycles. The Bertz CT molecular complexity index is 319. The van der Waals surface area contributed by atoms with Gasteiger partial charge in [-0.3, -0.25) is 0 Å². The van der Waals surface area contributed by atoms with Gasteiger partial charge in [-0.2, -0.15) is 0 Å². The number of aliphatic hydroxyl groups is 1. The normalized spacial score (nSPS) is 10.5. The lowest BCUT2D eigenvalue weighted by molar-refractivity contribution is -0.656. The van der Waals surface area contributed by atoms with Crippen molar-refractivity contribution in [1.82, 2.24) is 0 Å². The maximum Gasteiger partial charge on any atom is 0.141 e. The lowest BCUT2D eigenvalue weighted by Crippen LogP contribution is -2.86. The van der Waals surface area contributed by atoms with Crippen molar-refractivity contribution in [2.24, 2.45) is 0 Å². The van der Waals surface area contributed by atoms with Crippen LogP contribution in [0, 0.1) is 13.8 Å². The summed E-state index contributed by atoms with van der Waals surface area (Å²) in [4.78, 5) is 0. The van der Waals surface area contributed by atoms with Crippen LogP contribution in [0.1, 0.15) is 11.1 Å². The molecule has 0 bridgehead atoms. The number of benzene rings is 1. The Labute approximate surface area is 101 Å². The quantitative estimate of drug-likeness (QED) is 0.731. The highest BCUT2D eigenvalue weighted by atomic mass is 35.5. The Hall–Kier alpha value is -0.770. The molecule has 0 aliphatic carbocycles. The Kier molecular flexibility index (Phi) is 5.60. The third-order valence-corrected chi connectivity index (χ3v) is 2.56. The van der Waals surface area contributed by atoms with Gasteiger partial charge in [0.2, 0.25) is 0 Å². The topological polar surface area (TPSA) is 46.1 Å². The largest absolute Gasteiger partial charge is 0.486 e. The van der Waals surface area contributed by atoms with Crippen molar-refractivity contribution in [2.75, 3.05) is 26.3 Å². The second-order valence-electron chi connectivity index (χ2n) is 3.83. The summed E-state index contributed by atoms with van der Waals surface area (Å²) < 4.78 is 5.62. The van der Waals surface area contributed by atoms with Crippen molar-refractivity contribution in [3.8, 4) is 5.75 Å². The molecule has 90 valence electrons. The second kappa shape index (κ2) is 6.74. The average Bonchev–Trinajstić information content (AvgIpc) is 2.20. The molecule has 0 radical (unpaired) electrons. The first-order valence-electron chi connectivity index (χ1n) is 5.47. The summed E-state index contributed by atoms with van der Waals surface area (Å²) in [7, 11) is 0. The SMILES string of the molecule is Cc1cc(C)c(OCC[NH2+]CCO)c(Cl)c1. The Morgan fingerprint density at radius 2 is 2.06 bits per heavy atom. The van der Waals surface area contributed by atoms with Crippen LogP contribution < -0.4 is 10.1 Å². The van der Waals surface area contributed by atoms with Gasteiger partial charge in [0, 0.05) is 0 Å². The molecule has 1 aromatic rings. The van der Waals surface area contributed by atoms with Crippen LogP contribution in [-0.4, -0.2) is 31.4 Å². The van der Waals surface area contributed by atoms with Crippen LogP contribution in [0.4, 0.5) is 0 Å². The van der Waals surface area contributed by atoms with Gasteiger partial charge in [-0.25, -0.2) is 0 Å². The van der Waals surface area contributed by atoms with Crippen LogP contribution >= 0.6 is 11.6 Å². The highest BCUT2D eigenvalue weighted by Crippen LogP contribution is 2.29. The first kappa shape index (κ1) is 13.3. The summed E-state index contributed by atoms with van der Waals surface area (Å²) in [6.07, 6.45) is 0. The molecule has 3 N–H and O–H groups in total. The van der Waals surface area contributed by atoms with E-state index in [0.717, 1.165) is 23.4 Å². The highest BCUT2D eigenvalue weighted by molar-refractivity contribution is 6.32. The molecule has 0 atom stereocenters. The number of halogens is 1. The van der Waals surface area contributed by atoms with Gasteiger partial charge in [-0.05, 0) is 31.0 Å². The summed E-state index contributed by atoms with van der Waals surface area (Å²) >= 11 is 6.10. The minimum atomic E-state index is 0.199. The number of hydrogen-bond acceptors (Lipinski definition) is 2. The Morgan fingerprint density at radius 3 is 2.69 bits per heavy atom. The van der Waals surface area contributed by atoms with Crippen molar-refractivity contribution >= 4 is 11.6 Å². The molecular weight excluding hydrogens is 226 g/mol. The van der Waals surface area contributed by atoms with E-state index in [2.05, 4.69) is 6.07 Å². The van der Waals surface area contributed by atoms with Crippen LogP contribution in [-0.2, 0) is 0 Å². The molecule has 1 rings (SSSR count). The van der Waals surface area contributed by atoms with E-state index >= 15 is 0 Å². The van der Waals surface area contributed by atoms with E-state index in [1.807, 2.05) is 25.2 Å². The number of ether oxygens (including phenoxy) is 1. The number of rotatable bonds is 6. The molecule has 0 unspecified atom stereocenters. The van der Waals surface area contributed by atoms with Crippen LogP contribution in [0.5, 0.6) is 5.75 Å². The number of aliphatic hydroxyl groups excluding tert-OH is 1. The van der Waals surface area contributed by atoms with E-state index in [1.165, 1.54) is 0 Å². The molecular formula is C12H19ClNO2+. The third-order valence-electron chi connectivity index (χ3n) is 2.28. The molecule has 0 aliphatic rings. The van der Waals surface area contributed by atoms with Crippen LogP contribution in [0.25, 0.3) is 0 Å². The third kappa shape index (κ3) is 4.00. The van der Waals surface area contributed by atoms with Gasteiger partial charge >= 0.3 is 0 Å². The fourth-order valence-electron chi connectivity index (χ4n) is 1.57. The highest BCUT2D eigenvalue weighted by Gasteiger charge is 2.06. The predicted molar refractivity (Wildman–Crippen MR) is 65.2 cm³/mol. The first-order chi connectivity index (χ1) is 7.65. The second-order valence-corrected chi connectivity index (χ2v) is 4.24. The molecule has 1 aromatic carbocycles. The predicted octanol–water partition coefficient (Wildman–Crippen LogP) is 0.891. The van der Waals surface area contributed by atoms with Crippen molar-refractivity contribution in [1.29, 1.82) is 0 Å². The van der Waals surface area contributed by atoms with Crippen molar-refractivity contribution in [2.45, 2.75) is 13.8 Å². The first-order valence-corrected chi connectivity index (χ1v) is 5.85. The van der Waals surface area contributed by atoms with E-state index < -0.39 is 0 Å². The van der Waals surface area contributed by atoms with Gasteiger partial charge in [-0.15, -0.1) is 0 Å². The zero-order valence-electron chi connectivity index (χ0n) is 9.79. The number of quaternary nitrogens is 1. The minimum absolute atomic E-state index is 0.199. The van der Waals surface area contributed by atoms with Gasteiger partial charge in [0.1, 0.15) is 18.9 Å². The monoisotopic (exact) mass is 244 g/mol. The maximum absolute atomic E-state index is 8.61. The average molecular weight is 245 g/mol. The standard InChI is InChI=1S/C12H18ClNO2/c1-9-7-10(2)12(11(13)8-9)16-6-4-14-3-5-15/h7-8,14-15H,3-6H2,1-2H3/p+1. The van der Waals surface area contributed by atoms with Gasteiger partial charge in [-0.1, -0.05) is 17.7 Å². The molecule has 4 heteroatoms. The zero-order chi connectivity index (χ0) is 12.0. The van der Waals surface area contributed by atoms with Gasteiger partial charge in [0.05, 0.1) is 18.2 Å². The van der Waals surface area contributed by atoms with Crippen molar-refractivity contribution in [3.63, 3.8) is 0 Å². The molecule has 3 nitrogen and oxygen atoms in total. The minimum Gasteiger partial charge on any atom is -0.486 e. The molecule has 0 saturated heterocycles. The molecule has 16 heavy (non-hydrogen) atoms. The van der Waals surface area contributed by atoms with E-state index in [1.54, 1.807) is 0 Å². The Balaban J connectivity index is 2.47. The Morgan fingerprint density at radius 1 is 1.31 bits per heavy atom. The lowest BCUT2D eigenvalue weighted by Gasteiger charge is -2.11. The summed E-state index contributed by atoms with van der Waals surface area (Å²) in [5.41, 5.74) is 2.20. The molecule has 0 heterocycles. The fourth-order valence-corrected chi connectivity index (χ4v) is 1.94. The van der Waals surface area contributed by atoms with E-state index in [4.69, 9.17) is 21.4 Å². The number of hydrogen-bond donors (Lipinski definition) is 2. The fraction of sp³-hybridized carbons (Fsp3) is 0.500. The van der Waals surface area contributed by atoms with Gasteiger partial charge < -0.3 is 15.2 Å². The van der Waals surface area contributed by atoms with Crippen molar-refractivity contribution in [3.05, 3.63) is 28.3 Å². The van der Waals surface area contributed by atoms with Crippen LogP contribution in [0.3, 0.4) is 0 Å². The molecule has 0 aliphatic heterocycles. The van der Waals surface area contributed by atoms with Crippen LogP contribution in [0.2, 0.25) is 5.02 Å². The molecule has 0 aromatic heterocycles. The molecule has 0 spiro atoms. The van der Waals surface area contributed by atoms with E-state index in [-0.39, 0.29) is 6.61 Å². The molecule has 0 amide bonds. The van der Waals surface area contributed by atoms with Crippen molar-refractivity contribution < 1.29 is 15.2 Å². The van der Waals surface area contributed by atoms with Gasteiger partial charge in [0.15, 0.2) is 0 Å². The summed E-state index contributed by atoms with van der Waals surface area (Å²) in [6, 6.07) is 3.96. The van der Waals surface area contributed by atoms with Gasteiger partial charge in [0.25, 0.3) is 0 Å². The lowest BCUT2D eigenvalue weighted by atomic mass is 10.1. The van der Waals surface area contributed by atoms with Crippen LogP contribution in [0.15, 0.2) is 12.1 Å². The summed E-state index contributed by atoms with van der Waals surface area (Å²) in [6.45, 7) is 6.34. The summed E-state index contributed by atoms with van der Waals surface area (Å²) in [5.74, 6) is 0.768. The number of aryl methyl sites for hydroxylation is 2.